The monoisotopic (exact) mass is 345 g/mol. The average molecular weight is 345 g/mol. The van der Waals surface area contributed by atoms with Crippen molar-refractivity contribution in [2.24, 2.45) is 4.99 Å². The minimum Gasteiger partial charge on any atom is -0.355 e. The normalized spacial score (nSPS) is 14.6. The van der Waals surface area contributed by atoms with E-state index >= 15 is 0 Å². The van der Waals surface area contributed by atoms with E-state index in [1.54, 1.807) is 7.05 Å². The van der Waals surface area contributed by atoms with Gasteiger partial charge < -0.3 is 20.9 Å². The van der Waals surface area contributed by atoms with Gasteiger partial charge in [-0.05, 0) is 30.5 Å². The van der Waals surface area contributed by atoms with Crippen LogP contribution in [0.2, 0.25) is 0 Å². The van der Waals surface area contributed by atoms with Gasteiger partial charge in [0.1, 0.15) is 0 Å². The minimum absolute atomic E-state index is 0.0515. The number of amides is 2. The van der Waals surface area contributed by atoms with Crippen LogP contribution >= 0.6 is 0 Å². The zero-order valence-corrected chi connectivity index (χ0v) is 15.0. The van der Waals surface area contributed by atoms with Gasteiger partial charge in [-0.2, -0.15) is 0 Å². The Labute approximate surface area is 148 Å². The second kappa shape index (κ2) is 9.66. The van der Waals surface area contributed by atoms with Crippen molar-refractivity contribution in [3.8, 4) is 0 Å². The van der Waals surface area contributed by atoms with E-state index in [0.29, 0.717) is 25.5 Å². The number of guanidine groups is 1. The van der Waals surface area contributed by atoms with Gasteiger partial charge in [0.15, 0.2) is 5.96 Å². The molecule has 1 aliphatic rings. The Morgan fingerprint density at radius 1 is 1.20 bits per heavy atom. The maximum absolute atomic E-state index is 11.8. The van der Waals surface area contributed by atoms with E-state index in [9.17, 15) is 9.59 Å². The molecule has 0 spiro atoms. The van der Waals surface area contributed by atoms with Crippen LogP contribution < -0.4 is 20.9 Å². The SMILES string of the molecule is CCCNC(=O)CNC(=NC)NCc1ccc(N2CCCC2=O)cc1. The van der Waals surface area contributed by atoms with Crippen LogP contribution in [0.1, 0.15) is 31.7 Å². The molecule has 0 aliphatic carbocycles. The van der Waals surface area contributed by atoms with Crippen LogP contribution in [0.3, 0.4) is 0 Å². The molecule has 1 aliphatic heterocycles. The summed E-state index contributed by atoms with van der Waals surface area (Å²) >= 11 is 0. The number of anilines is 1. The highest BCUT2D eigenvalue weighted by molar-refractivity contribution is 5.95. The summed E-state index contributed by atoms with van der Waals surface area (Å²) in [6, 6.07) is 7.92. The molecule has 0 saturated carbocycles. The number of carbonyl (C=O) groups excluding carboxylic acids is 2. The van der Waals surface area contributed by atoms with Crippen LogP contribution in [-0.4, -0.2) is 44.5 Å². The van der Waals surface area contributed by atoms with E-state index in [-0.39, 0.29) is 18.4 Å². The molecule has 7 heteroatoms. The molecule has 0 atom stereocenters. The predicted octanol–water partition coefficient (Wildman–Crippen LogP) is 1.00. The molecule has 7 nitrogen and oxygen atoms in total. The summed E-state index contributed by atoms with van der Waals surface area (Å²) in [6.45, 7) is 4.27. The molecule has 3 N–H and O–H groups in total. The molecule has 1 saturated heterocycles. The summed E-state index contributed by atoms with van der Waals surface area (Å²) in [5.74, 6) is 0.715. The van der Waals surface area contributed by atoms with Crippen LogP contribution in [0.15, 0.2) is 29.3 Å². The lowest BCUT2D eigenvalue weighted by molar-refractivity contribution is -0.120. The Morgan fingerprint density at radius 3 is 2.56 bits per heavy atom. The van der Waals surface area contributed by atoms with E-state index in [0.717, 1.165) is 30.6 Å². The number of hydrogen-bond donors (Lipinski definition) is 3. The van der Waals surface area contributed by atoms with Crippen LogP contribution in [0.5, 0.6) is 0 Å². The van der Waals surface area contributed by atoms with E-state index in [4.69, 9.17) is 0 Å². The number of aliphatic imine (C=N–C) groups is 1. The Balaban J connectivity index is 1.79. The highest BCUT2D eigenvalue weighted by atomic mass is 16.2. The van der Waals surface area contributed by atoms with E-state index in [2.05, 4.69) is 20.9 Å². The molecule has 2 amide bonds. The molecule has 25 heavy (non-hydrogen) atoms. The molecule has 136 valence electrons. The second-order valence-electron chi connectivity index (χ2n) is 5.94. The van der Waals surface area contributed by atoms with Gasteiger partial charge in [-0.3, -0.25) is 14.6 Å². The number of carbonyl (C=O) groups is 2. The van der Waals surface area contributed by atoms with Gasteiger partial charge >= 0.3 is 0 Å². The van der Waals surface area contributed by atoms with Gasteiger partial charge in [0.25, 0.3) is 0 Å². The smallest absolute Gasteiger partial charge is 0.239 e. The first-order valence-corrected chi connectivity index (χ1v) is 8.74. The second-order valence-corrected chi connectivity index (χ2v) is 5.94. The molecule has 1 fully saturated rings. The van der Waals surface area contributed by atoms with Gasteiger partial charge in [-0.15, -0.1) is 0 Å². The molecule has 0 aromatic heterocycles. The van der Waals surface area contributed by atoms with Crippen molar-refractivity contribution in [2.45, 2.75) is 32.7 Å². The third-order valence-corrected chi connectivity index (χ3v) is 3.99. The Morgan fingerprint density at radius 2 is 1.96 bits per heavy atom. The summed E-state index contributed by atoms with van der Waals surface area (Å²) in [5.41, 5.74) is 2.02. The molecule has 1 aromatic carbocycles. The fourth-order valence-corrected chi connectivity index (χ4v) is 2.61. The zero-order valence-electron chi connectivity index (χ0n) is 15.0. The average Bonchev–Trinajstić information content (AvgIpc) is 3.06. The summed E-state index contributed by atoms with van der Waals surface area (Å²) < 4.78 is 0. The molecular weight excluding hydrogens is 318 g/mol. The lowest BCUT2D eigenvalue weighted by Gasteiger charge is -2.16. The van der Waals surface area contributed by atoms with Gasteiger partial charge in [0.2, 0.25) is 11.8 Å². The van der Waals surface area contributed by atoms with Crippen molar-refractivity contribution in [3.63, 3.8) is 0 Å². The van der Waals surface area contributed by atoms with Crippen molar-refractivity contribution in [2.75, 3.05) is 31.6 Å². The quantitative estimate of drug-likeness (QED) is 0.508. The first-order chi connectivity index (χ1) is 12.1. The topological polar surface area (TPSA) is 85.8 Å². The maximum atomic E-state index is 11.8. The Bertz CT molecular complexity index is 612. The minimum atomic E-state index is -0.0515. The standard InChI is InChI=1S/C18H27N5O2/c1-3-10-20-16(24)13-22-18(19-2)21-12-14-6-8-15(9-7-14)23-11-4-5-17(23)25/h6-9H,3-5,10-13H2,1-2H3,(H,20,24)(H2,19,21,22). The van der Waals surface area contributed by atoms with E-state index in [1.165, 1.54) is 0 Å². The number of rotatable bonds is 7. The predicted molar refractivity (Wildman–Crippen MR) is 99.5 cm³/mol. The van der Waals surface area contributed by atoms with Crippen LogP contribution in [0.25, 0.3) is 0 Å². The fraction of sp³-hybridized carbons (Fsp3) is 0.500. The van der Waals surface area contributed by atoms with Crippen LogP contribution in [0, 0.1) is 0 Å². The van der Waals surface area contributed by atoms with Gasteiger partial charge in [0.05, 0.1) is 6.54 Å². The van der Waals surface area contributed by atoms with Gasteiger partial charge in [-0.25, -0.2) is 0 Å². The number of nitrogens with one attached hydrogen (secondary N) is 3. The highest BCUT2D eigenvalue weighted by Gasteiger charge is 2.21. The van der Waals surface area contributed by atoms with Crippen molar-refractivity contribution in [3.05, 3.63) is 29.8 Å². The van der Waals surface area contributed by atoms with Gasteiger partial charge in [0, 0.05) is 38.8 Å². The van der Waals surface area contributed by atoms with Crippen molar-refractivity contribution in [1.82, 2.24) is 16.0 Å². The first kappa shape index (κ1) is 18.8. The first-order valence-electron chi connectivity index (χ1n) is 8.74. The summed E-state index contributed by atoms with van der Waals surface area (Å²) in [6.07, 6.45) is 2.48. The van der Waals surface area contributed by atoms with E-state index < -0.39 is 0 Å². The third-order valence-electron chi connectivity index (χ3n) is 3.99. The molecule has 0 radical (unpaired) electrons. The lowest BCUT2D eigenvalue weighted by atomic mass is 10.2. The number of nitrogens with zero attached hydrogens (tertiary/aromatic N) is 2. The van der Waals surface area contributed by atoms with Crippen molar-refractivity contribution < 1.29 is 9.59 Å². The van der Waals surface area contributed by atoms with Crippen LogP contribution in [0.4, 0.5) is 5.69 Å². The molecule has 0 bridgehead atoms. The summed E-state index contributed by atoms with van der Waals surface area (Å²) in [4.78, 5) is 29.3. The molecule has 1 heterocycles. The molecular formula is C18H27N5O2. The van der Waals surface area contributed by atoms with Crippen LogP contribution in [-0.2, 0) is 16.1 Å². The maximum Gasteiger partial charge on any atom is 0.239 e. The van der Waals surface area contributed by atoms with E-state index in [1.807, 2.05) is 36.1 Å². The number of hydrogen-bond acceptors (Lipinski definition) is 3. The Kier molecular flexibility index (Phi) is 7.25. The summed E-state index contributed by atoms with van der Waals surface area (Å²) in [5, 5.41) is 8.96. The molecule has 1 aromatic rings. The Hall–Kier alpha value is -2.57. The summed E-state index contributed by atoms with van der Waals surface area (Å²) in [7, 11) is 1.67. The number of benzene rings is 1. The lowest BCUT2D eigenvalue weighted by Crippen LogP contribution is -2.43. The fourth-order valence-electron chi connectivity index (χ4n) is 2.61. The third kappa shape index (κ3) is 5.77. The zero-order chi connectivity index (χ0) is 18.1. The largest absolute Gasteiger partial charge is 0.355 e. The van der Waals surface area contributed by atoms with Crippen molar-refractivity contribution >= 4 is 23.5 Å². The molecule has 2 rings (SSSR count). The van der Waals surface area contributed by atoms with Gasteiger partial charge in [-0.1, -0.05) is 19.1 Å². The van der Waals surface area contributed by atoms with Crippen molar-refractivity contribution in [1.29, 1.82) is 0 Å². The highest BCUT2D eigenvalue weighted by Crippen LogP contribution is 2.21. The molecule has 0 unspecified atom stereocenters.